The summed E-state index contributed by atoms with van der Waals surface area (Å²) in [5.41, 5.74) is 5.10. The summed E-state index contributed by atoms with van der Waals surface area (Å²) in [5.74, 6) is -0.371. The Morgan fingerprint density at radius 3 is 2.69 bits per heavy atom. The normalized spacial score (nSPS) is 11.8. The van der Waals surface area contributed by atoms with Gasteiger partial charge in [-0.2, -0.15) is 18.3 Å². The second-order valence-electron chi connectivity index (χ2n) is 6.48. The van der Waals surface area contributed by atoms with Crippen molar-refractivity contribution >= 4 is 12.1 Å². The summed E-state index contributed by atoms with van der Waals surface area (Å²) in [6, 6.07) is 10.4. The minimum atomic E-state index is -4.40. The third kappa shape index (κ3) is 4.71. The van der Waals surface area contributed by atoms with Crippen molar-refractivity contribution in [2.45, 2.75) is 26.4 Å². The van der Waals surface area contributed by atoms with Crippen molar-refractivity contribution in [3.63, 3.8) is 0 Å². The van der Waals surface area contributed by atoms with Crippen LogP contribution in [0.3, 0.4) is 0 Å². The van der Waals surface area contributed by atoms with Gasteiger partial charge in [0.15, 0.2) is 0 Å². The Morgan fingerprint density at radius 1 is 1.21 bits per heavy atom. The Kier molecular flexibility index (Phi) is 5.81. The van der Waals surface area contributed by atoms with Gasteiger partial charge in [-0.3, -0.25) is 9.78 Å². The van der Waals surface area contributed by atoms with Crippen LogP contribution in [0.5, 0.6) is 0 Å². The number of carbonyl (C=O) groups excluding carboxylic acids is 1. The van der Waals surface area contributed by atoms with Gasteiger partial charge in [0.25, 0.3) is 5.91 Å². The van der Waals surface area contributed by atoms with Gasteiger partial charge in [0.2, 0.25) is 0 Å². The number of benzene rings is 1. The second kappa shape index (κ2) is 8.30. The molecule has 2 heterocycles. The Labute approximate surface area is 165 Å². The lowest BCUT2D eigenvalue weighted by Gasteiger charge is -2.13. The molecule has 0 fully saturated rings. The maximum Gasteiger partial charge on any atom is 0.416 e. The highest BCUT2D eigenvalue weighted by Crippen LogP contribution is 2.31. The molecule has 0 radical (unpaired) electrons. The zero-order valence-electron chi connectivity index (χ0n) is 15.9. The summed E-state index contributed by atoms with van der Waals surface area (Å²) >= 11 is 0. The fraction of sp³-hybridized carbons (Fsp3) is 0.190. The van der Waals surface area contributed by atoms with Gasteiger partial charge in [-0.25, -0.2) is 5.43 Å². The predicted octanol–water partition coefficient (Wildman–Crippen LogP) is 4.47. The highest BCUT2D eigenvalue weighted by atomic mass is 19.4. The first-order chi connectivity index (χ1) is 13.8. The molecule has 1 amide bonds. The predicted molar refractivity (Wildman–Crippen MR) is 104 cm³/mol. The molecule has 0 saturated heterocycles. The number of amides is 1. The van der Waals surface area contributed by atoms with Gasteiger partial charge in [0, 0.05) is 42.1 Å². The van der Waals surface area contributed by atoms with Gasteiger partial charge < -0.3 is 4.57 Å². The molecular formula is C21H19F3N4O. The summed E-state index contributed by atoms with van der Waals surface area (Å²) in [6.45, 7) is 3.67. The number of aryl methyl sites for hydroxylation is 1. The first-order valence-corrected chi connectivity index (χ1v) is 8.84. The van der Waals surface area contributed by atoms with Gasteiger partial charge in [0.05, 0.1) is 11.1 Å². The van der Waals surface area contributed by atoms with Crippen LogP contribution in [0, 0.1) is 13.8 Å². The zero-order valence-corrected chi connectivity index (χ0v) is 15.9. The number of hydrogen-bond acceptors (Lipinski definition) is 3. The summed E-state index contributed by atoms with van der Waals surface area (Å²) < 4.78 is 40.8. The average molecular weight is 400 g/mol. The molecule has 8 heteroatoms. The number of pyridine rings is 1. The molecule has 1 aromatic carbocycles. The summed E-state index contributed by atoms with van der Waals surface area (Å²) in [7, 11) is 0. The second-order valence-corrected chi connectivity index (χ2v) is 6.48. The minimum Gasteiger partial charge on any atom is -0.318 e. The van der Waals surface area contributed by atoms with E-state index in [4.69, 9.17) is 0 Å². The molecule has 3 aromatic rings. The van der Waals surface area contributed by atoms with Gasteiger partial charge in [-0.1, -0.05) is 6.07 Å². The first kappa shape index (κ1) is 20.3. The van der Waals surface area contributed by atoms with E-state index in [1.807, 2.05) is 19.9 Å². The van der Waals surface area contributed by atoms with E-state index >= 15 is 0 Å². The van der Waals surface area contributed by atoms with Crippen LogP contribution in [0.25, 0.3) is 5.69 Å². The monoisotopic (exact) mass is 400 g/mol. The maximum atomic E-state index is 13.0. The number of hydrogen-bond donors (Lipinski definition) is 1. The minimum absolute atomic E-state index is 0.371. The van der Waals surface area contributed by atoms with Crippen LogP contribution in [0.2, 0.25) is 0 Å². The maximum absolute atomic E-state index is 13.0. The van der Waals surface area contributed by atoms with Crippen LogP contribution < -0.4 is 5.43 Å². The number of halogens is 3. The Bertz CT molecular complexity index is 1040. The number of hydrazone groups is 1. The van der Waals surface area contributed by atoms with Crippen molar-refractivity contribution in [1.29, 1.82) is 0 Å². The van der Waals surface area contributed by atoms with E-state index < -0.39 is 11.7 Å². The van der Waals surface area contributed by atoms with E-state index in [1.165, 1.54) is 12.3 Å². The summed E-state index contributed by atoms with van der Waals surface area (Å²) in [4.78, 5) is 15.8. The van der Waals surface area contributed by atoms with Gasteiger partial charge in [0.1, 0.15) is 0 Å². The van der Waals surface area contributed by atoms with Crippen LogP contribution in [0.1, 0.15) is 32.9 Å². The molecule has 0 spiro atoms. The number of carbonyl (C=O) groups is 1. The van der Waals surface area contributed by atoms with Crippen LogP contribution in [-0.2, 0) is 12.6 Å². The first-order valence-electron chi connectivity index (χ1n) is 8.84. The Hall–Kier alpha value is -3.42. The van der Waals surface area contributed by atoms with E-state index in [-0.39, 0.29) is 5.91 Å². The molecule has 2 aromatic heterocycles. The fourth-order valence-electron chi connectivity index (χ4n) is 3.06. The van der Waals surface area contributed by atoms with Crippen LogP contribution in [-0.4, -0.2) is 21.7 Å². The van der Waals surface area contributed by atoms with E-state index in [9.17, 15) is 18.0 Å². The molecule has 0 aliphatic carbocycles. The smallest absolute Gasteiger partial charge is 0.318 e. The highest BCUT2D eigenvalue weighted by molar-refractivity contribution is 5.93. The largest absolute Gasteiger partial charge is 0.416 e. The summed E-state index contributed by atoms with van der Waals surface area (Å²) in [5, 5.41) is 3.93. The van der Waals surface area contributed by atoms with Gasteiger partial charge >= 0.3 is 6.18 Å². The standard InChI is InChI=1S/C21H19F3N4O/c1-14-11-16(8-10-26-27-20(29)17-5-4-9-25-13-17)15(2)28(14)19-7-3-6-18(12-19)21(22,23)24/h3-7,9-13H,8H2,1-2H3,(H,27,29)/b26-10-. The number of nitrogens with one attached hydrogen (secondary N) is 1. The third-order valence-electron chi connectivity index (χ3n) is 4.46. The number of rotatable bonds is 5. The molecule has 5 nitrogen and oxygen atoms in total. The van der Waals surface area contributed by atoms with E-state index in [0.29, 0.717) is 17.7 Å². The fourth-order valence-corrected chi connectivity index (χ4v) is 3.06. The van der Waals surface area contributed by atoms with Gasteiger partial charge in [-0.15, -0.1) is 0 Å². The molecule has 0 saturated carbocycles. The summed E-state index contributed by atoms with van der Waals surface area (Å²) in [6.07, 6.45) is 0.583. The molecule has 0 atom stereocenters. The van der Waals surface area contributed by atoms with Crippen molar-refractivity contribution in [1.82, 2.24) is 15.0 Å². The zero-order chi connectivity index (χ0) is 21.0. The molecular weight excluding hydrogens is 381 g/mol. The van der Waals surface area contributed by atoms with Crippen LogP contribution in [0.4, 0.5) is 13.2 Å². The molecule has 150 valence electrons. The number of aromatic nitrogens is 2. The van der Waals surface area contributed by atoms with Crippen molar-refractivity contribution in [3.05, 3.63) is 82.9 Å². The molecule has 29 heavy (non-hydrogen) atoms. The molecule has 3 rings (SSSR count). The van der Waals surface area contributed by atoms with Crippen molar-refractivity contribution < 1.29 is 18.0 Å². The Balaban J connectivity index is 1.74. The third-order valence-corrected chi connectivity index (χ3v) is 4.46. The molecule has 0 aliphatic rings. The molecule has 1 N–H and O–H groups in total. The van der Waals surface area contributed by atoms with Crippen molar-refractivity contribution in [2.24, 2.45) is 5.10 Å². The highest BCUT2D eigenvalue weighted by Gasteiger charge is 2.30. The average Bonchev–Trinajstić information content (AvgIpc) is 2.98. The van der Waals surface area contributed by atoms with E-state index in [1.54, 1.807) is 35.2 Å². The van der Waals surface area contributed by atoms with Crippen molar-refractivity contribution in [2.75, 3.05) is 0 Å². The Morgan fingerprint density at radius 2 is 2.00 bits per heavy atom. The van der Waals surface area contributed by atoms with Gasteiger partial charge in [-0.05, 0) is 55.8 Å². The lowest BCUT2D eigenvalue weighted by atomic mass is 10.1. The lowest BCUT2D eigenvalue weighted by molar-refractivity contribution is -0.137. The van der Waals surface area contributed by atoms with Crippen LogP contribution >= 0.6 is 0 Å². The van der Waals surface area contributed by atoms with Crippen LogP contribution in [0.15, 0.2) is 60.0 Å². The van der Waals surface area contributed by atoms with E-state index in [0.717, 1.165) is 29.1 Å². The molecule has 0 bridgehead atoms. The topological polar surface area (TPSA) is 59.3 Å². The number of nitrogens with zero attached hydrogens (tertiary/aromatic N) is 3. The van der Waals surface area contributed by atoms with E-state index in [2.05, 4.69) is 15.5 Å². The SMILES string of the molecule is Cc1cc(C/C=N\NC(=O)c2cccnc2)c(C)n1-c1cccc(C(F)(F)F)c1. The molecule has 0 unspecified atom stereocenters. The van der Waals surface area contributed by atoms with Crippen molar-refractivity contribution in [3.8, 4) is 5.69 Å². The quantitative estimate of drug-likeness (QED) is 0.508. The molecule has 0 aliphatic heterocycles. The number of alkyl halides is 3. The lowest BCUT2D eigenvalue weighted by Crippen LogP contribution is -2.17.